The van der Waals surface area contributed by atoms with Crippen molar-refractivity contribution in [3.63, 3.8) is 0 Å². The molecule has 1 saturated heterocycles. The number of nitrogens with two attached hydrogens (primary N) is 1. The number of anilines is 2. The van der Waals surface area contributed by atoms with Crippen LogP contribution in [0.2, 0.25) is 0 Å². The van der Waals surface area contributed by atoms with E-state index in [1.807, 2.05) is 0 Å². The lowest BCUT2D eigenvalue weighted by molar-refractivity contribution is -0.384. The van der Waals surface area contributed by atoms with Gasteiger partial charge in [-0.2, -0.15) is 0 Å². The Labute approximate surface area is 111 Å². The van der Waals surface area contributed by atoms with E-state index in [0.29, 0.717) is 12.2 Å². The molecule has 1 aromatic carbocycles. The number of nitrogen functional groups attached to an aromatic ring is 1. The highest BCUT2D eigenvalue weighted by Gasteiger charge is 2.19. The van der Waals surface area contributed by atoms with Crippen LogP contribution in [0.4, 0.5) is 17.1 Å². The Hall–Kier alpha value is -1.86. The minimum Gasteiger partial charge on any atom is -0.397 e. The molecule has 0 radical (unpaired) electrons. The lowest BCUT2D eigenvalue weighted by atomic mass is 10.2. The molecule has 0 aromatic heterocycles. The first kappa shape index (κ1) is 13.6. The fourth-order valence-corrected chi connectivity index (χ4v) is 2.30. The van der Waals surface area contributed by atoms with Crippen molar-refractivity contribution in [1.82, 2.24) is 4.90 Å². The van der Waals surface area contributed by atoms with Crippen LogP contribution in [0.1, 0.15) is 0 Å². The molecule has 2 rings (SSSR count). The van der Waals surface area contributed by atoms with Crippen molar-refractivity contribution in [2.75, 3.05) is 50.0 Å². The predicted molar refractivity (Wildman–Crippen MR) is 73.2 cm³/mol. The Morgan fingerprint density at radius 2 is 2.00 bits per heavy atom. The van der Waals surface area contributed by atoms with Crippen LogP contribution in [0.3, 0.4) is 0 Å². The van der Waals surface area contributed by atoms with Gasteiger partial charge in [0.2, 0.25) is 0 Å². The number of benzene rings is 1. The Bertz CT molecular complexity index is 458. The largest absolute Gasteiger partial charge is 0.397 e. The molecule has 7 nitrogen and oxygen atoms in total. The number of non-ortho nitro benzene ring substituents is 1. The zero-order valence-corrected chi connectivity index (χ0v) is 10.7. The minimum atomic E-state index is -0.445. The van der Waals surface area contributed by atoms with E-state index in [1.165, 1.54) is 12.1 Å². The zero-order chi connectivity index (χ0) is 13.8. The van der Waals surface area contributed by atoms with Crippen molar-refractivity contribution in [1.29, 1.82) is 0 Å². The van der Waals surface area contributed by atoms with Gasteiger partial charge in [0.1, 0.15) is 0 Å². The Morgan fingerprint density at radius 3 is 2.53 bits per heavy atom. The van der Waals surface area contributed by atoms with Crippen molar-refractivity contribution < 1.29 is 10.0 Å². The standard InChI is InChI=1S/C12H18N4O3/c13-11-9-10(16(18)19)1-2-12(11)15-5-3-14(4-6-15)7-8-17/h1-2,9,17H,3-8,13H2. The fraction of sp³-hybridized carbons (Fsp3) is 0.500. The van der Waals surface area contributed by atoms with Gasteiger partial charge in [0.25, 0.3) is 5.69 Å². The second-order valence-corrected chi connectivity index (χ2v) is 4.55. The molecule has 0 bridgehead atoms. The molecule has 0 atom stereocenters. The van der Waals surface area contributed by atoms with Gasteiger partial charge in [-0.05, 0) is 6.07 Å². The second kappa shape index (κ2) is 5.85. The van der Waals surface area contributed by atoms with Crippen LogP contribution in [-0.2, 0) is 0 Å². The zero-order valence-electron chi connectivity index (χ0n) is 10.7. The number of piperazine rings is 1. The van der Waals surface area contributed by atoms with E-state index >= 15 is 0 Å². The third kappa shape index (κ3) is 3.12. The number of aliphatic hydroxyl groups excluding tert-OH is 1. The molecule has 104 valence electrons. The maximum atomic E-state index is 10.7. The van der Waals surface area contributed by atoms with Crippen LogP contribution in [0.15, 0.2) is 18.2 Å². The molecular weight excluding hydrogens is 248 g/mol. The van der Waals surface area contributed by atoms with Gasteiger partial charge in [-0.15, -0.1) is 0 Å². The number of β-amino-alcohol motifs (C(OH)–C–C–N with tert-alkyl or cyclic N) is 1. The van der Waals surface area contributed by atoms with Gasteiger partial charge in [0, 0.05) is 44.9 Å². The quantitative estimate of drug-likeness (QED) is 0.462. The number of nitrogens with zero attached hydrogens (tertiary/aromatic N) is 3. The third-order valence-electron chi connectivity index (χ3n) is 3.35. The molecule has 7 heteroatoms. The summed E-state index contributed by atoms with van der Waals surface area (Å²) in [5.74, 6) is 0. The summed E-state index contributed by atoms with van der Waals surface area (Å²) in [4.78, 5) is 14.5. The lowest BCUT2D eigenvalue weighted by Gasteiger charge is -2.36. The van der Waals surface area contributed by atoms with Gasteiger partial charge in [-0.25, -0.2) is 0 Å². The number of nitro benzene ring substituents is 1. The van der Waals surface area contributed by atoms with Gasteiger partial charge >= 0.3 is 0 Å². The number of hydrogen-bond acceptors (Lipinski definition) is 6. The monoisotopic (exact) mass is 266 g/mol. The fourth-order valence-electron chi connectivity index (χ4n) is 2.30. The van der Waals surface area contributed by atoms with E-state index in [0.717, 1.165) is 31.9 Å². The van der Waals surface area contributed by atoms with E-state index in [2.05, 4.69) is 9.80 Å². The topological polar surface area (TPSA) is 95.9 Å². The SMILES string of the molecule is Nc1cc([N+](=O)[O-])ccc1N1CCN(CCO)CC1. The maximum Gasteiger partial charge on any atom is 0.271 e. The maximum absolute atomic E-state index is 10.7. The van der Waals surface area contributed by atoms with Crippen LogP contribution < -0.4 is 10.6 Å². The van der Waals surface area contributed by atoms with Crippen LogP contribution in [-0.4, -0.2) is 54.3 Å². The molecule has 0 amide bonds. The average Bonchev–Trinajstić information content (AvgIpc) is 2.40. The molecule has 0 saturated carbocycles. The summed E-state index contributed by atoms with van der Waals surface area (Å²) in [5.41, 5.74) is 7.17. The van der Waals surface area contributed by atoms with Crippen molar-refractivity contribution >= 4 is 17.1 Å². The molecule has 1 heterocycles. The average molecular weight is 266 g/mol. The molecule has 0 aliphatic carbocycles. The summed E-state index contributed by atoms with van der Waals surface area (Å²) in [6, 6.07) is 4.58. The van der Waals surface area contributed by atoms with Crippen molar-refractivity contribution in [2.45, 2.75) is 0 Å². The minimum absolute atomic E-state index is 0.0140. The predicted octanol–water partition coefficient (Wildman–Crippen LogP) is 0.291. The van der Waals surface area contributed by atoms with Crippen LogP contribution in [0, 0.1) is 10.1 Å². The third-order valence-corrected chi connectivity index (χ3v) is 3.35. The van der Waals surface area contributed by atoms with E-state index in [4.69, 9.17) is 10.8 Å². The summed E-state index contributed by atoms with van der Waals surface area (Å²) in [5, 5.41) is 19.6. The summed E-state index contributed by atoms with van der Waals surface area (Å²) < 4.78 is 0. The van der Waals surface area contributed by atoms with Gasteiger partial charge in [0.15, 0.2) is 0 Å². The molecule has 3 N–H and O–H groups in total. The number of rotatable bonds is 4. The van der Waals surface area contributed by atoms with Crippen molar-refractivity contribution in [2.24, 2.45) is 0 Å². The van der Waals surface area contributed by atoms with E-state index in [-0.39, 0.29) is 12.3 Å². The number of hydrogen-bond donors (Lipinski definition) is 2. The van der Waals surface area contributed by atoms with E-state index in [9.17, 15) is 10.1 Å². The second-order valence-electron chi connectivity index (χ2n) is 4.55. The molecule has 19 heavy (non-hydrogen) atoms. The summed E-state index contributed by atoms with van der Waals surface area (Å²) in [6.07, 6.45) is 0. The first-order valence-electron chi connectivity index (χ1n) is 6.24. The Balaban J connectivity index is 2.05. The van der Waals surface area contributed by atoms with Crippen molar-refractivity contribution in [3.05, 3.63) is 28.3 Å². The van der Waals surface area contributed by atoms with Gasteiger partial charge in [-0.3, -0.25) is 15.0 Å². The molecule has 1 fully saturated rings. The molecule has 1 aliphatic heterocycles. The van der Waals surface area contributed by atoms with Gasteiger partial charge < -0.3 is 15.7 Å². The van der Waals surface area contributed by atoms with Crippen LogP contribution in [0.25, 0.3) is 0 Å². The molecule has 0 unspecified atom stereocenters. The van der Waals surface area contributed by atoms with E-state index in [1.54, 1.807) is 6.07 Å². The summed E-state index contributed by atoms with van der Waals surface area (Å²) in [6.45, 7) is 4.18. The first-order chi connectivity index (χ1) is 9.11. The summed E-state index contributed by atoms with van der Waals surface area (Å²) >= 11 is 0. The van der Waals surface area contributed by atoms with Crippen molar-refractivity contribution in [3.8, 4) is 0 Å². The molecular formula is C12H18N4O3. The number of nitro groups is 1. The van der Waals surface area contributed by atoms with Crippen LogP contribution >= 0.6 is 0 Å². The molecule has 1 aliphatic rings. The lowest BCUT2D eigenvalue weighted by Crippen LogP contribution is -2.47. The normalized spacial score (nSPS) is 16.6. The summed E-state index contributed by atoms with van der Waals surface area (Å²) in [7, 11) is 0. The highest BCUT2D eigenvalue weighted by Crippen LogP contribution is 2.28. The first-order valence-corrected chi connectivity index (χ1v) is 6.24. The highest BCUT2D eigenvalue weighted by molar-refractivity contribution is 5.70. The Morgan fingerprint density at radius 1 is 1.32 bits per heavy atom. The molecule has 1 aromatic rings. The van der Waals surface area contributed by atoms with Gasteiger partial charge in [0.05, 0.1) is 22.9 Å². The Kier molecular flexibility index (Phi) is 4.18. The highest BCUT2D eigenvalue weighted by atomic mass is 16.6. The number of aliphatic hydroxyl groups is 1. The van der Waals surface area contributed by atoms with Gasteiger partial charge in [-0.1, -0.05) is 0 Å². The smallest absolute Gasteiger partial charge is 0.271 e. The van der Waals surface area contributed by atoms with E-state index < -0.39 is 4.92 Å². The van der Waals surface area contributed by atoms with Crippen LogP contribution in [0.5, 0.6) is 0 Å². The molecule has 0 spiro atoms.